The van der Waals surface area contributed by atoms with Crippen molar-refractivity contribution in [2.75, 3.05) is 13.2 Å². The number of amides is 4. The van der Waals surface area contributed by atoms with Crippen molar-refractivity contribution in [3.8, 4) is 0 Å². The SMILES string of the molecule is CC(C)(C)C(=O)OC[C@H]1O[C@@H](OCc2ccccc2)[C@H](N2C(=O)c3ccccc3C2=O)[C@@H](OCc2ccccc2)[C@@H]1O[C@@H]1O[C@H](COCc2ccccc2)[C@@H](O)[C@H](OCc2ccccc2)[C@H]1N1C(=O)c2ccccc2C1=O. The molecule has 6 aromatic carbocycles. The number of aliphatic hydroxyl groups is 1. The number of nitrogens with zero attached hydrogens (tertiary/aromatic N) is 2. The molecular formula is C61H60N2O14. The molecule has 4 amide bonds. The first-order valence-electron chi connectivity index (χ1n) is 25.7. The molecular weight excluding hydrogens is 985 g/mol. The first-order valence-corrected chi connectivity index (χ1v) is 25.7. The summed E-state index contributed by atoms with van der Waals surface area (Å²) < 4.78 is 53.7. The number of hydrogen-bond acceptors (Lipinski definition) is 14. The van der Waals surface area contributed by atoms with Gasteiger partial charge in [-0.05, 0) is 67.3 Å². The minimum Gasteiger partial charge on any atom is -0.462 e. The topological polar surface area (TPSA) is 186 Å². The highest BCUT2D eigenvalue weighted by atomic mass is 16.7. The molecule has 0 aromatic heterocycles. The minimum atomic E-state index is -1.70. The fraction of sp³-hybridized carbons (Fsp3) is 0.328. The molecule has 4 heterocycles. The molecule has 1 N–H and O–H groups in total. The van der Waals surface area contributed by atoms with Crippen molar-refractivity contribution in [2.45, 2.75) is 108 Å². The Labute approximate surface area is 446 Å². The standard InChI is InChI=1S/C61H60N2O14/c1-61(2,3)60(69)74-37-47-51(53(72-34-40-24-12-6-13-25-40)49(58(76-47)73-35-41-26-14-7-15-27-41)63-56(67)44-30-18-19-31-45(44)57(63)68)77-59-48(62-54(65)42-28-16-17-29-43(42)55(62)66)52(71-33-39-22-10-5-11-23-39)50(64)46(75-59)36-70-32-38-20-8-4-9-21-38/h4-31,46-53,58-59,64H,32-37H2,1-3H3/t46-,47-,48-,49-,50-,51-,52-,53-,58-,59+/m1/s1. The number of aliphatic hydroxyl groups excluding tert-OH is 1. The molecule has 2 saturated heterocycles. The molecule has 10 rings (SSSR count). The molecule has 4 aliphatic heterocycles. The lowest BCUT2D eigenvalue weighted by Gasteiger charge is -2.51. The lowest BCUT2D eigenvalue weighted by molar-refractivity contribution is -0.349. The quantitative estimate of drug-likeness (QED) is 0.0614. The van der Waals surface area contributed by atoms with Crippen molar-refractivity contribution in [1.82, 2.24) is 9.80 Å². The monoisotopic (exact) mass is 1040 g/mol. The van der Waals surface area contributed by atoms with Gasteiger partial charge in [-0.1, -0.05) is 146 Å². The van der Waals surface area contributed by atoms with Gasteiger partial charge in [-0.3, -0.25) is 33.8 Å². The number of imide groups is 2. The van der Waals surface area contributed by atoms with Crippen molar-refractivity contribution in [2.24, 2.45) is 5.41 Å². The van der Waals surface area contributed by atoms with Crippen LogP contribution in [0.25, 0.3) is 0 Å². The molecule has 0 radical (unpaired) electrons. The maximum absolute atomic E-state index is 14.8. The Balaban J connectivity index is 1.11. The Morgan fingerprint density at radius 2 is 0.844 bits per heavy atom. The van der Waals surface area contributed by atoms with Crippen LogP contribution in [0.3, 0.4) is 0 Å². The van der Waals surface area contributed by atoms with Crippen LogP contribution in [-0.2, 0) is 69.1 Å². The van der Waals surface area contributed by atoms with Crippen molar-refractivity contribution < 1.29 is 67.0 Å². The summed E-state index contributed by atoms with van der Waals surface area (Å²) in [6, 6.07) is 46.9. The van der Waals surface area contributed by atoms with Gasteiger partial charge >= 0.3 is 5.97 Å². The van der Waals surface area contributed by atoms with Gasteiger partial charge in [-0.15, -0.1) is 0 Å². The maximum Gasteiger partial charge on any atom is 0.311 e. The molecule has 398 valence electrons. The molecule has 0 unspecified atom stereocenters. The molecule has 4 aliphatic rings. The third-order valence-electron chi connectivity index (χ3n) is 14.0. The zero-order chi connectivity index (χ0) is 53.6. The number of esters is 1. The fourth-order valence-electron chi connectivity index (χ4n) is 10.0. The summed E-state index contributed by atoms with van der Waals surface area (Å²) in [5.74, 6) is -3.28. The van der Waals surface area contributed by atoms with Crippen molar-refractivity contribution in [3.05, 3.63) is 214 Å². The van der Waals surface area contributed by atoms with E-state index in [0.717, 1.165) is 26.5 Å². The molecule has 0 aliphatic carbocycles. The smallest absolute Gasteiger partial charge is 0.311 e. The number of benzene rings is 6. The Morgan fingerprint density at radius 1 is 0.468 bits per heavy atom. The number of fused-ring (bicyclic) bond motifs is 2. The molecule has 6 aromatic rings. The molecule has 16 nitrogen and oxygen atoms in total. The second kappa shape index (κ2) is 23.6. The van der Waals surface area contributed by atoms with E-state index in [2.05, 4.69) is 0 Å². The third-order valence-corrected chi connectivity index (χ3v) is 14.0. The average Bonchev–Trinajstić information content (AvgIpc) is 4.01. The summed E-state index contributed by atoms with van der Waals surface area (Å²) in [5, 5.41) is 12.6. The minimum absolute atomic E-state index is 0.0485. The maximum atomic E-state index is 14.8. The fourth-order valence-corrected chi connectivity index (χ4v) is 10.0. The van der Waals surface area contributed by atoms with Gasteiger partial charge in [0.15, 0.2) is 12.6 Å². The highest BCUT2D eigenvalue weighted by Gasteiger charge is 2.60. The summed E-state index contributed by atoms with van der Waals surface area (Å²) in [5.41, 5.74) is 2.57. The van der Waals surface area contributed by atoms with Gasteiger partial charge in [0.2, 0.25) is 0 Å². The molecule has 77 heavy (non-hydrogen) atoms. The van der Waals surface area contributed by atoms with E-state index in [1.807, 2.05) is 121 Å². The Kier molecular flexibility index (Phi) is 16.3. The van der Waals surface area contributed by atoms with Gasteiger partial charge in [-0.2, -0.15) is 0 Å². The van der Waals surface area contributed by atoms with E-state index >= 15 is 0 Å². The van der Waals surface area contributed by atoms with Crippen LogP contribution in [0.1, 0.15) is 84.5 Å². The van der Waals surface area contributed by atoms with Crippen LogP contribution >= 0.6 is 0 Å². The molecule has 0 bridgehead atoms. The highest BCUT2D eigenvalue weighted by molar-refractivity contribution is 6.22. The van der Waals surface area contributed by atoms with Crippen molar-refractivity contribution in [3.63, 3.8) is 0 Å². The second-order valence-electron chi connectivity index (χ2n) is 20.4. The summed E-state index contributed by atoms with van der Waals surface area (Å²) in [6.45, 7) is 4.31. The van der Waals surface area contributed by atoms with Gasteiger partial charge in [0, 0.05) is 0 Å². The Hall–Kier alpha value is -7.25. The van der Waals surface area contributed by atoms with Crippen LogP contribution in [-0.4, -0.2) is 119 Å². The van der Waals surface area contributed by atoms with Gasteiger partial charge in [0.25, 0.3) is 23.6 Å². The largest absolute Gasteiger partial charge is 0.462 e. The number of carbonyl (C=O) groups is 5. The predicted octanol–water partition coefficient (Wildman–Crippen LogP) is 7.71. The predicted molar refractivity (Wildman–Crippen MR) is 277 cm³/mol. The lowest BCUT2D eigenvalue weighted by Crippen LogP contribution is -2.71. The van der Waals surface area contributed by atoms with Crippen LogP contribution in [0.5, 0.6) is 0 Å². The van der Waals surface area contributed by atoms with E-state index in [9.17, 15) is 29.1 Å². The van der Waals surface area contributed by atoms with Crippen LogP contribution < -0.4 is 0 Å². The normalized spacial score (nSPS) is 25.2. The lowest BCUT2D eigenvalue weighted by atomic mass is 9.92. The zero-order valence-electron chi connectivity index (χ0n) is 42.8. The second-order valence-corrected chi connectivity index (χ2v) is 20.4. The van der Waals surface area contributed by atoms with E-state index in [1.54, 1.807) is 57.2 Å². The zero-order valence-corrected chi connectivity index (χ0v) is 42.8. The summed E-state index contributed by atoms with van der Waals surface area (Å²) >= 11 is 0. The van der Waals surface area contributed by atoms with E-state index < -0.39 is 103 Å². The molecule has 0 saturated carbocycles. The summed E-state index contributed by atoms with van der Waals surface area (Å²) in [4.78, 5) is 75.1. The summed E-state index contributed by atoms with van der Waals surface area (Å²) in [6.07, 6.45) is -11.5. The average molecular weight is 1050 g/mol. The first kappa shape index (κ1) is 53.2. The van der Waals surface area contributed by atoms with Gasteiger partial charge in [-0.25, -0.2) is 0 Å². The van der Waals surface area contributed by atoms with Crippen molar-refractivity contribution in [1.29, 1.82) is 0 Å². The summed E-state index contributed by atoms with van der Waals surface area (Å²) in [7, 11) is 0. The number of carbonyl (C=O) groups excluding carboxylic acids is 5. The number of ether oxygens (including phenoxy) is 8. The van der Waals surface area contributed by atoms with E-state index in [0.29, 0.717) is 5.56 Å². The molecule has 0 spiro atoms. The van der Waals surface area contributed by atoms with Gasteiger partial charge in [0.1, 0.15) is 55.3 Å². The van der Waals surface area contributed by atoms with Crippen LogP contribution in [0.2, 0.25) is 0 Å². The number of hydrogen-bond donors (Lipinski definition) is 1. The first-order chi connectivity index (χ1) is 37.4. The molecule has 2 fully saturated rings. The molecule has 10 atom stereocenters. The van der Waals surface area contributed by atoms with Crippen LogP contribution in [0, 0.1) is 5.41 Å². The third kappa shape index (κ3) is 11.6. The Bertz CT molecular complexity index is 2960. The van der Waals surface area contributed by atoms with Crippen LogP contribution in [0.4, 0.5) is 0 Å². The van der Waals surface area contributed by atoms with E-state index in [-0.39, 0.29) is 55.3 Å². The molecule has 16 heteroatoms. The van der Waals surface area contributed by atoms with Gasteiger partial charge in [0.05, 0.1) is 60.7 Å². The van der Waals surface area contributed by atoms with Crippen molar-refractivity contribution >= 4 is 29.6 Å². The highest BCUT2D eigenvalue weighted by Crippen LogP contribution is 2.41. The van der Waals surface area contributed by atoms with Gasteiger partial charge < -0.3 is 43.0 Å². The van der Waals surface area contributed by atoms with E-state index in [1.165, 1.54) is 12.1 Å². The van der Waals surface area contributed by atoms with E-state index in [4.69, 9.17) is 37.9 Å². The van der Waals surface area contributed by atoms with Crippen LogP contribution in [0.15, 0.2) is 170 Å². The Morgan fingerprint density at radius 3 is 1.29 bits per heavy atom. The number of rotatable bonds is 19.